The number of nitrogens with zero attached hydrogens (tertiary/aromatic N) is 5. The van der Waals surface area contributed by atoms with Crippen LogP contribution in [0, 0.1) is 6.92 Å². The molecule has 0 saturated carbocycles. The average molecular weight is 415 g/mol. The number of amides is 1. The van der Waals surface area contributed by atoms with Gasteiger partial charge in [-0.2, -0.15) is 10.2 Å². The van der Waals surface area contributed by atoms with Crippen molar-refractivity contribution in [2.75, 3.05) is 0 Å². The molecule has 0 bridgehead atoms. The normalized spacial score (nSPS) is 12.4. The Hall–Kier alpha value is -2.71. The van der Waals surface area contributed by atoms with E-state index in [0.29, 0.717) is 23.0 Å². The van der Waals surface area contributed by atoms with E-state index in [1.54, 1.807) is 11.0 Å². The van der Waals surface area contributed by atoms with Gasteiger partial charge in [-0.25, -0.2) is 4.98 Å². The Labute approximate surface area is 171 Å². The predicted octanol–water partition coefficient (Wildman–Crippen LogP) is 3.52. The molecule has 7 nitrogen and oxygen atoms in total. The second kappa shape index (κ2) is 7.73. The van der Waals surface area contributed by atoms with Crippen LogP contribution in [0.2, 0.25) is 5.02 Å². The summed E-state index contributed by atoms with van der Waals surface area (Å²) in [6.07, 6.45) is 3.12. The van der Waals surface area contributed by atoms with Gasteiger partial charge in [0.05, 0.1) is 23.7 Å². The second-order valence-electron chi connectivity index (χ2n) is 6.69. The number of aryl methyl sites for hydroxylation is 1. The van der Waals surface area contributed by atoms with Gasteiger partial charge in [-0.1, -0.05) is 23.7 Å². The maximum absolute atomic E-state index is 12.7. The van der Waals surface area contributed by atoms with Crippen molar-refractivity contribution in [3.8, 4) is 0 Å². The molecule has 9 heteroatoms. The van der Waals surface area contributed by atoms with Gasteiger partial charge in [0.25, 0.3) is 5.91 Å². The number of nitrogens with one attached hydrogen (secondary N) is 1. The fraction of sp³-hybridized carbons (Fsp3) is 0.263. The summed E-state index contributed by atoms with van der Waals surface area (Å²) >= 11 is 7.42. The monoisotopic (exact) mass is 414 g/mol. The largest absolute Gasteiger partial charge is 0.347 e. The molecule has 1 aromatic carbocycles. The lowest BCUT2D eigenvalue weighted by Gasteiger charge is -2.12. The van der Waals surface area contributed by atoms with Crippen LogP contribution < -0.4 is 5.32 Å². The smallest absolute Gasteiger partial charge is 0.261 e. The molecule has 3 heterocycles. The SMILES string of the molecule is Cc1nn(Cc2ccc(Cl)cc2)c2sc(C(=O)NC(C)Cn3cncn3)cc12. The molecular formula is C19H19ClN6OS. The van der Waals surface area contributed by atoms with E-state index in [0.717, 1.165) is 21.5 Å². The van der Waals surface area contributed by atoms with E-state index >= 15 is 0 Å². The zero-order valence-electron chi connectivity index (χ0n) is 15.5. The van der Waals surface area contributed by atoms with Crippen LogP contribution in [-0.4, -0.2) is 36.5 Å². The highest BCUT2D eigenvalue weighted by Crippen LogP contribution is 2.29. The number of hydrogen-bond donors (Lipinski definition) is 1. The molecule has 0 aliphatic carbocycles. The molecule has 1 amide bonds. The van der Waals surface area contributed by atoms with E-state index in [-0.39, 0.29) is 11.9 Å². The number of carbonyl (C=O) groups is 1. The van der Waals surface area contributed by atoms with Gasteiger partial charge in [0.15, 0.2) is 0 Å². The van der Waals surface area contributed by atoms with Crippen LogP contribution in [-0.2, 0) is 13.1 Å². The van der Waals surface area contributed by atoms with Crippen molar-refractivity contribution in [3.05, 3.63) is 64.1 Å². The van der Waals surface area contributed by atoms with Gasteiger partial charge in [0.1, 0.15) is 17.5 Å². The highest BCUT2D eigenvalue weighted by Gasteiger charge is 2.18. The van der Waals surface area contributed by atoms with Crippen LogP contribution in [0.1, 0.15) is 27.9 Å². The first-order valence-corrected chi connectivity index (χ1v) is 10.0. The van der Waals surface area contributed by atoms with E-state index < -0.39 is 0 Å². The van der Waals surface area contributed by atoms with E-state index in [1.165, 1.54) is 17.7 Å². The van der Waals surface area contributed by atoms with E-state index in [4.69, 9.17) is 11.6 Å². The lowest BCUT2D eigenvalue weighted by atomic mass is 10.2. The summed E-state index contributed by atoms with van der Waals surface area (Å²) in [5, 5.41) is 13.4. The molecule has 0 aliphatic heterocycles. The average Bonchev–Trinajstić information content (AvgIpc) is 3.37. The van der Waals surface area contributed by atoms with Crippen molar-refractivity contribution in [2.45, 2.75) is 33.0 Å². The molecular weight excluding hydrogens is 396 g/mol. The van der Waals surface area contributed by atoms with Crippen LogP contribution >= 0.6 is 22.9 Å². The Balaban J connectivity index is 1.52. The first-order valence-electron chi connectivity index (χ1n) is 8.84. The Bertz CT molecular complexity index is 1100. The van der Waals surface area contributed by atoms with E-state index in [2.05, 4.69) is 20.5 Å². The molecule has 0 aliphatic rings. The van der Waals surface area contributed by atoms with Crippen molar-refractivity contribution in [1.82, 2.24) is 29.9 Å². The maximum Gasteiger partial charge on any atom is 0.261 e. The number of benzene rings is 1. The summed E-state index contributed by atoms with van der Waals surface area (Å²) in [5.41, 5.74) is 2.02. The minimum Gasteiger partial charge on any atom is -0.347 e. The first kappa shape index (κ1) is 18.6. The van der Waals surface area contributed by atoms with Crippen LogP contribution in [0.15, 0.2) is 43.0 Å². The molecule has 0 saturated heterocycles. The number of aromatic nitrogens is 5. The van der Waals surface area contributed by atoms with E-state index in [9.17, 15) is 4.79 Å². The van der Waals surface area contributed by atoms with Crippen molar-refractivity contribution >= 4 is 39.1 Å². The fourth-order valence-corrected chi connectivity index (χ4v) is 4.23. The minimum atomic E-state index is -0.0914. The second-order valence-corrected chi connectivity index (χ2v) is 8.16. The lowest BCUT2D eigenvalue weighted by Crippen LogP contribution is -2.35. The summed E-state index contributed by atoms with van der Waals surface area (Å²) in [7, 11) is 0. The van der Waals surface area contributed by atoms with Crippen molar-refractivity contribution in [1.29, 1.82) is 0 Å². The fourth-order valence-electron chi connectivity index (χ4n) is 3.04. The number of halogens is 1. The number of rotatable bonds is 6. The number of hydrogen-bond acceptors (Lipinski definition) is 5. The summed E-state index contributed by atoms with van der Waals surface area (Å²) in [6.45, 7) is 5.11. The topological polar surface area (TPSA) is 77.6 Å². The molecule has 144 valence electrons. The highest BCUT2D eigenvalue weighted by molar-refractivity contribution is 7.20. The highest BCUT2D eigenvalue weighted by atomic mass is 35.5. The minimum absolute atomic E-state index is 0.0638. The third-order valence-electron chi connectivity index (χ3n) is 4.38. The molecule has 1 atom stereocenters. The molecule has 4 aromatic rings. The third kappa shape index (κ3) is 3.93. The Kier molecular flexibility index (Phi) is 5.15. The molecule has 1 N–H and O–H groups in total. The molecule has 0 fully saturated rings. The van der Waals surface area contributed by atoms with Gasteiger partial charge in [-0.15, -0.1) is 11.3 Å². The summed E-state index contributed by atoms with van der Waals surface area (Å²) in [5.74, 6) is -0.0914. The molecule has 0 spiro atoms. The Morgan fingerprint density at radius 2 is 2.11 bits per heavy atom. The van der Waals surface area contributed by atoms with Crippen molar-refractivity contribution in [3.63, 3.8) is 0 Å². The third-order valence-corrected chi connectivity index (χ3v) is 5.78. The zero-order valence-corrected chi connectivity index (χ0v) is 17.0. The summed E-state index contributed by atoms with van der Waals surface area (Å²) in [6, 6.07) is 9.56. The molecule has 1 unspecified atom stereocenters. The van der Waals surface area contributed by atoms with Gasteiger partial charge < -0.3 is 5.32 Å². The lowest BCUT2D eigenvalue weighted by molar-refractivity contribution is 0.0940. The summed E-state index contributed by atoms with van der Waals surface area (Å²) in [4.78, 5) is 18.3. The van der Waals surface area contributed by atoms with Crippen LogP contribution in [0.4, 0.5) is 0 Å². The van der Waals surface area contributed by atoms with Gasteiger partial charge in [0, 0.05) is 16.5 Å². The van der Waals surface area contributed by atoms with Crippen molar-refractivity contribution < 1.29 is 4.79 Å². The Morgan fingerprint density at radius 3 is 2.82 bits per heavy atom. The van der Waals surface area contributed by atoms with Gasteiger partial charge >= 0.3 is 0 Å². The van der Waals surface area contributed by atoms with Gasteiger partial charge in [-0.05, 0) is 37.6 Å². The van der Waals surface area contributed by atoms with Gasteiger partial charge in [0.2, 0.25) is 0 Å². The summed E-state index contributed by atoms with van der Waals surface area (Å²) < 4.78 is 3.64. The number of carbonyl (C=O) groups excluding carboxylic acids is 1. The first-order chi connectivity index (χ1) is 13.5. The number of thiophene rings is 1. The van der Waals surface area contributed by atoms with Crippen LogP contribution in [0.25, 0.3) is 10.2 Å². The van der Waals surface area contributed by atoms with Crippen LogP contribution in [0.3, 0.4) is 0 Å². The molecule has 28 heavy (non-hydrogen) atoms. The molecule has 3 aromatic heterocycles. The maximum atomic E-state index is 12.7. The zero-order chi connectivity index (χ0) is 19.7. The predicted molar refractivity (Wildman–Crippen MR) is 110 cm³/mol. The van der Waals surface area contributed by atoms with E-state index in [1.807, 2.05) is 48.9 Å². The van der Waals surface area contributed by atoms with Crippen molar-refractivity contribution in [2.24, 2.45) is 0 Å². The molecule has 0 radical (unpaired) electrons. The van der Waals surface area contributed by atoms with Crippen LogP contribution in [0.5, 0.6) is 0 Å². The van der Waals surface area contributed by atoms with Gasteiger partial charge in [-0.3, -0.25) is 14.2 Å². The Morgan fingerprint density at radius 1 is 1.32 bits per heavy atom. The quantitative estimate of drug-likeness (QED) is 0.523. The standard InChI is InChI=1S/C19H19ClN6OS/c1-12(8-25-11-21-10-22-25)23-18(27)17-7-16-13(2)24-26(19(16)28-17)9-14-3-5-15(20)6-4-14/h3-7,10-12H,8-9H2,1-2H3,(H,23,27). The number of fused-ring (bicyclic) bond motifs is 1. The molecule has 4 rings (SSSR count).